The van der Waals surface area contributed by atoms with E-state index in [-0.39, 0.29) is 18.4 Å². The lowest BCUT2D eigenvalue weighted by molar-refractivity contribution is -0.119. The second-order valence-electron chi connectivity index (χ2n) is 7.12. The van der Waals surface area contributed by atoms with Crippen LogP contribution in [0, 0.1) is 5.92 Å². The minimum atomic E-state index is -1.00. The summed E-state index contributed by atoms with van der Waals surface area (Å²) in [5.41, 5.74) is 3.57. The quantitative estimate of drug-likeness (QED) is 0.707. The van der Waals surface area contributed by atoms with Crippen molar-refractivity contribution < 1.29 is 14.7 Å². The first kappa shape index (κ1) is 18.7. The predicted molar refractivity (Wildman–Crippen MR) is 111 cm³/mol. The van der Waals surface area contributed by atoms with Crippen molar-refractivity contribution in [2.45, 2.75) is 5.92 Å². The Kier molecular flexibility index (Phi) is 5.24. The molecular weight excluding hydrogens is 366 g/mol. The summed E-state index contributed by atoms with van der Waals surface area (Å²) >= 11 is 0. The monoisotopic (exact) mass is 387 g/mol. The number of likely N-dealkylation sites (tertiary alicyclic amines) is 1. The van der Waals surface area contributed by atoms with Crippen LogP contribution in [0.2, 0.25) is 0 Å². The van der Waals surface area contributed by atoms with Crippen LogP contribution in [0.15, 0.2) is 79.1 Å². The predicted octanol–water partition coefficient (Wildman–Crippen LogP) is 4.08. The zero-order chi connectivity index (χ0) is 20.2. The molecule has 0 radical (unpaired) electrons. The summed E-state index contributed by atoms with van der Waals surface area (Å²) in [6, 6.07) is 21.0. The number of nitrogens with zero attached hydrogens (tertiary/aromatic N) is 2. The first-order chi connectivity index (χ1) is 14.1. The maximum absolute atomic E-state index is 13.1. The summed E-state index contributed by atoms with van der Waals surface area (Å²) in [6.45, 7) is 0.496. The van der Waals surface area contributed by atoms with Crippen LogP contribution in [0.4, 0.5) is 10.5 Å². The molecule has 1 fully saturated rings. The van der Waals surface area contributed by atoms with Gasteiger partial charge in [0.15, 0.2) is 0 Å². The van der Waals surface area contributed by atoms with Crippen LogP contribution in [0.3, 0.4) is 0 Å². The summed E-state index contributed by atoms with van der Waals surface area (Å²) in [6.07, 6.45) is 2.49. The number of hydrogen-bond donors (Lipinski definition) is 2. The van der Waals surface area contributed by atoms with Crippen molar-refractivity contribution in [2.75, 3.05) is 18.4 Å². The second kappa shape index (κ2) is 8.14. The molecular formula is C23H21N3O3. The van der Waals surface area contributed by atoms with Crippen molar-refractivity contribution in [1.82, 2.24) is 9.88 Å². The number of pyridine rings is 1. The Morgan fingerprint density at radius 3 is 2.48 bits per heavy atom. The Hall–Kier alpha value is -3.67. The third-order valence-electron chi connectivity index (χ3n) is 5.28. The Morgan fingerprint density at radius 1 is 0.966 bits per heavy atom. The molecule has 0 saturated carbocycles. The average Bonchev–Trinajstić information content (AvgIpc) is 3.21. The third kappa shape index (κ3) is 4.11. The number of rotatable bonds is 4. The number of nitrogens with one attached hydrogen (secondary N) is 1. The molecule has 1 aliphatic rings. The van der Waals surface area contributed by atoms with Gasteiger partial charge in [-0.05, 0) is 29.3 Å². The van der Waals surface area contributed by atoms with Gasteiger partial charge in [-0.15, -0.1) is 0 Å². The standard InChI is InChI=1S/C23H21N3O3/c27-22(25-19-10-4-8-17(12-19)18-9-5-11-24-13-18)21-15-26(23(28)29)14-20(21)16-6-2-1-3-7-16/h1-13,20-21H,14-15H2,(H,25,27)(H,28,29)/t20-,21+/m1/s1. The van der Waals surface area contributed by atoms with Gasteiger partial charge in [-0.1, -0.05) is 48.5 Å². The van der Waals surface area contributed by atoms with E-state index in [2.05, 4.69) is 10.3 Å². The summed E-state index contributed by atoms with van der Waals surface area (Å²) < 4.78 is 0. The second-order valence-corrected chi connectivity index (χ2v) is 7.12. The largest absolute Gasteiger partial charge is 0.465 e. The van der Waals surface area contributed by atoms with Gasteiger partial charge in [0.2, 0.25) is 5.91 Å². The van der Waals surface area contributed by atoms with Gasteiger partial charge in [-0.3, -0.25) is 9.78 Å². The fourth-order valence-electron chi connectivity index (χ4n) is 3.81. The van der Waals surface area contributed by atoms with E-state index in [1.165, 1.54) is 4.90 Å². The number of carbonyl (C=O) groups is 2. The van der Waals surface area contributed by atoms with E-state index < -0.39 is 12.0 Å². The highest BCUT2D eigenvalue weighted by Crippen LogP contribution is 2.34. The first-order valence-electron chi connectivity index (χ1n) is 9.46. The van der Waals surface area contributed by atoms with Gasteiger partial charge in [0, 0.05) is 42.7 Å². The van der Waals surface area contributed by atoms with Crippen LogP contribution in [-0.2, 0) is 4.79 Å². The molecule has 6 heteroatoms. The lowest BCUT2D eigenvalue weighted by Gasteiger charge is -2.18. The molecule has 0 unspecified atom stereocenters. The minimum absolute atomic E-state index is 0.172. The molecule has 2 heterocycles. The molecule has 1 aromatic heterocycles. The van der Waals surface area contributed by atoms with Gasteiger partial charge in [-0.25, -0.2) is 4.79 Å². The molecule has 2 amide bonds. The van der Waals surface area contributed by atoms with Crippen molar-refractivity contribution in [3.8, 4) is 11.1 Å². The highest BCUT2D eigenvalue weighted by molar-refractivity contribution is 5.94. The minimum Gasteiger partial charge on any atom is -0.465 e. The van der Waals surface area contributed by atoms with Crippen LogP contribution in [0.1, 0.15) is 11.5 Å². The van der Waals surface area contributed by atoms with Crippen molar-refractivity contribution in [3.05, 3.63) is 84.7 Å². The molecule has 6 nitrogen and oxygen atoms in total. The summed E-state index contributed by atoms with van der Waals surface area (Å²) in [4.78, 5) is 30.0. The van der Waals surface area contributed by atoms with E-state index in [9.17, 15) is 14.7 Å². The molecule has 4 rings (SSSR count). The third-order valence-corrected chi connectivity index (χ3v) is 5.28. The molecule has 3 aromatic rings. The van der Waals surface area contributed by atoms with Crippen LogP contribution >= 0.6 is 0 Å². The van der Waals surface area contributed by atoms with Gasteiger partial charge >= 0.3 is 6.09 Å². The topological polar surface area (TPSA) is 82.5 Å². The summed E-state index contributed by atoms with van der Waals surface area (Å²) in [5, 5.41) is 12.4. The first-order valence-corrected chi connectivity index (χ1v) is 9.46. The molecule has 0 bridgehead atoms. The smallest absolute Gasteiger partial charge is 0.407 e. The number of carbonyl (C=O) groups excluding carboxylic acids is 1. The number of hydrogen-bond acceptors (Lipinski definition) is 3. The van der Waals surface area contributed by atoms with Crippen LogP contribution in [0.25, 0.3) is 11.1 Å². The molecule has 2 aromatic carbocycles. The number of benzene rings is 2. The fraction of sp³-hybridized carbons (Fsp3) is 0.174. The van der Waals surface area contributed by atoms with Crippen molar-refractivity contribution in [2.24, 2.45) is 5.92 Å². The number of anilines is 1. The lowest BCUT2D eigenvalue weighted by atomic mass is 9.88. The number of carboxylic acid groups (broad SMARTS) is 1. The molecule has 0 spiro atoms. The normalized spacial score (nSPS) is 18.4. The van der Waals surface area contributed by atoms with Crippen LogP contribution < -0.4 is 5.32 Å². The van der Waals surface area contributed by atoms with E-state index in [1.54, 1.807) is 12.4 Å². The molecule has 2 N–H and O–H groups in total. The molecule has 146 valence electrons. The molecule has 1 aliphatic heterocycles. The van der Waals surface area contributed by atoms with Gasteiger partial charge in [0.1, 0.15) is 0 Å². The van der Waals surface area contributed by atoms with Crippen LogP contribution in [0.5, 0.6) is 0 Å². The van der Waals surface area contributed by atoms with E-state index in [4.69, 9.17) is 0 Å². The Morgan fingerprint density at radius 2 is 1.76 bits per heavy atom. The average molecular weight is 387 g/mol. The van der Waals surface area contributed by atoms with Gasteiger partial charge < -0.3 is 15.3 Å². The van der Waals surface area contributed by atoms with Crippen molar-refractivity contribution >= 4 is 17.7 Å². The van der Waals surface area contributed by atoms with Crippen molar-refractivity contribution in [3.63, 3.8) is 0 Å². The number of aromatic nitrogens is 1. The summed E-state index contributed by atoms with van der Waals surface area (Å²) in [5.74, 6) is -0.796. The number of amides is 2. The molecule has 29 heavy (non-hydrogen) atoms. The van der Waals surface area contributed by atoms with E-state index in [0.29, 0.717) is 12.2 Å². The van der Waals surface area contributed by atoms with Gasteiger partial charge in [0.05, 0.1) is 5.92 Å². The lowest BCUT2D eigenvalue weighted by Crippen LogP contribution is -2.30. The Labute approximate surface area is 168 Å². The Balaban J connectivity index is 1.56. The van der Waals surface area contributed by atoms with E-state index >= 15 is 0 Å². The highest BCUT2D eigenvalue weighted by Gasteiger charge is 2.40. The molecule has 0 aliphatic carbocycles. The zero-order valence-corrected chi connectivity index (χ0v) is 15.7. The van der Waals surface area contributed by atoms with Crippen molar-refractivity contribution in [1.29, 1.82) is 0 Å². The van der Waals surface area contributed by atoms with E-state index in [1.807, 2.05) is 66.7 Å². The van der Waals surface area contributed by atoms with Gasteiger partial charge in [0.25, 0.3) is 0 Å². The van der Waals surface area contributed by atoms with Crippen LogP contribution in [-0.4, -0.2) is 40.1 Å². The maximum atomic E-state index is 13.1. The Bertz CT molecular complexity index is 1010. The summed E-state index contributed by atoms with van der Waals surface area (Å²) in [7, 11) is 0. The van der Waals surface area contributed by atoms with Gasteiger partial charge in [-0.2, -0.15) is 0 Å². The fourth-order valence-corrected chi connectivity index (χ4v) is 3.81. The highest BCUT2D eigenvalue weighted by atomic mass is 16.4. The molecule has 2 atom stereocenters. The zero-order valence-electron chi connectivity index (χ0n) is 15.7. The SMILES string of the molecule is O=C(Nc1cccc(-c2cccnc2)c1)[C@H]1CN(C(=O)O)C[C@@H]1c1ccccc1. The van der Waals surface area contributed by atoms with E-state index in [0.717, 1.165) is 16.7 Å². The maximum Gasteiger partial charge on any atom is 0.407 e. The molecule has 1 saturated heterocycles.